The van der Waals surface area contributed by atoms with Crippen molar-refractivity contribution >= 4 is 11.9 Å². The van der Waals surface area contributed by atoms with Crippen molar-refractivity contribution in [3.8, 4) is 0 Å². The van der Waals surface area contributed by atoms with Crippen LogP contribution in [0.25, 0.3) is 0 Å². The minimum Gasteiger partial charge on any atom is -0.461 e. The van der Waals surface area contributed by atoms with E-state index >= 15 is 0 Å². The Morgan fingerprint density at radius 1 is 0.531 bits per heavy atom. The minimum absolute atomic E-state index is 0.0401. The van der Waals surface area contributed by atoms with Gasteiger partial charge in [0.1, 0.15) is 55.4 Å². The van der Waals surface area contributed by atoms with Crippen LogP contribution in [0.2, 0.25) is 0 Å². The first-order chi connectivity index (χ1) is 31.0. The summed E-state index contributed by atoms with van der Waals surface area (Å²) < 4.78 is 33.2. The maximum Gasteiger partial charge on any atom is 0.310 e. The molecule has 2 saturated heterocycles. The Morgan fingerprint density at radius 3 is 1.47 bits per heavy atom. The molecule has 0 radical (unpaired) electrons. The maximum atomic E-state index is 12.9. The van der Waals surface area contributed by atoms with Gasteiger partial charge in [-0.15, -0.1) is 0 Å². The van der Waals surface area contributed by atoms with Crippen LogP contribution in [0, 0.1) is 0 Å². The number of aliphatic hydroxyl groups is 7. The molecule has 0 aliphatic carbocycles. The van der Waals surface area contributed by atoms with Crippen molar-refractivity contribution < 1.29 is 73.8 Å². The first kappa shape index (κ1) is 56.3. The van der Waals surface area contributed by atoms with Crippen LogP contribution in [0.1, 0.15) is 90.9 Å². The Hall–Kier alpha value is -3.84. The van der Waals surface area contributed by atoms with E-state index in [1.807, 2.05) is 49.5 Å². The molecule has 0 spiro atoms. The van der Waals surface area contributed by atoms with E-state index in [1.165, 1.54) is 12.8 Å². The first-order valence-corrected chi connectivity index (χ1v) is 22.4. The molecule has 2 aliphatic heterocycles. The quantitative estimate of drug-likeness (QED) is 0.0281. The number of hydrogen-bond donors (Lipinski definition) is 7. The minimum atomic E-state index is -1.80. The predicted molar refractivity (Wildman–Crippen MR) is 242 cm³/mol. The second kappa shape index (κ2) is 35.4. The van der Waals surface area contributed by atoms with Gasteiger partial charge in [0.15, 0.2) is 18.7 Å². The van der Waals surface area contributed by atoms with E-state index in [1.54, 1.807) is 12.2 Å². The number of rotatable bonds is 31. The summed E-state index contributed by atoms with van der Waals surface area (Å²) in [4.78, 5) is 25.5. The van der Waals surface area contributed by atoms with Crippen LogP contribution in [0.15, 0.2) is 109 Å². The van der Waals surface area contributed by atoms with E-state index in [9.17, 15) is 45.3 Å². The van der Waals surface area contributed by atoms with Gasteiger partial charge in [-0.25, -0.2) is 0 Å². The lowest BCUT2D eigenvalue weighted by molar-refractivity contribution is -0.332. The van der Waals surface area contributed by atoms with Gasteiger partial charge >= 0.3 is 11.9 Å². The number of carbonyl (C=O) groups is 2. The SMILES string of the molecule is CC=CCC=CCC=CCC=CCC=CCC(=O)OC[C@H](CO[C@@H]1O[C@H](CO[C@H]2O[C@H](CO)[C@H](O)C(O)C2O)[C@H](O)C(O)C1O)OC(=O)CC=CCC=CCC=CCC=CCCCC. The number of aliphatic hydroxyl groups excluding tert-OH is 7. The number of esters is 2. The van der Waals surface area contributed by atoms with Crippen LogP contribution < -0.4 is 0 Å². The lowest BCUT2D eigenvalue weighted by Gasteiger charge is -2.42. The highest BCUT2D eigenvalue weighted by molar-refractivity contribution is 5.72. The number of hydrogen-bond acceptors (Lipinski definition) is 15. The van der Waals surface area contributed by atoms with E-state index < -0.39 is 106 Å². The van der Waals surface area contributed by atoms with Gasteiger partial charge in [-0.1, -0.05) is 129 Å². The number of carbonyl (C=O) groups excluding carboxylic acids is 2. The van der Waals surface area contributed by atoms with E-state index in [2.05, 4.69) is 61.6 Å². The lowest BCUT2D eigenvalue weighted by Crippen LogP contribution is -2.61. The molecule has 0 aromatic carbocycles. The smallest absolute Gasteiger partial charge is 0.310 e. The molecule has 15 heteroatoms. The monoisotopic (exact) mass is 903 g/mol. The van der Waals surface area contributed by atoms with E-state index in [4.69, 9.17) is 28.4 Å². The van der Waals surface area contributed by atoms with E-state index in [-0.39, 0.29) is 12.8 Å². The van der Waals surface area contributed by atoms with Crippen molar-refractivity contribution in [1.82, 2.24) is 0 Å². The molecule has 2 heterocycles. The van der Waals surface area contributed by atoms with Crippen molar-refractivity contribution in [2.45, 2.75) is 158 Å². The number of ether oxygens (including phenoxy) is 6. The standard InChI is InChI=1S/C49H74O15/c1-3-5-7-9-11-13-15-17-19-21-23-25-27-29-31-40(51)59-34-37(62-41(52)32-30-28-26-24-22-20-18-16-14-12-10-8-6-4-2)35-60-48-47(58)45(56)43(54)39(64-48)36-61-49-46(57)44(55)42(53)38(33-50)63-49/h3,5,9-12,15-18,21-24,27-30,37-39,42-50,53-58H,4,6-8,13-14,19-20,25-26,31-36H2,1-2H3/t37-,38-,39-,42+,43+,44?,45?,46?,47?,48-,49+/m1/s1. The number of allylic oxidation sites excluding steroid dienone is 16. The van der Waals surface area contributed by atoms with Crippen molar-refractivity contribution in [2.24, 2.45) is 0 Å². The van der Waals surface area contributed by atoms with E-state index in [0.29, 0.717) is 12.8 Å². The van der Waals surface area contributed by atoms with Crippen LogP contribution in [0.5, 0.6) is 0 Å². The van der Waals surface area contributed by atoms with Gasteiger partial charge in [0.05, 0.1) is 32.7 Å². The molecule has 15 nitrogen and oxygen atoms in total. The van der Waals surface area contributed by atoms with Gasteiger partial charge in [-0.3, -0.25) is 9.59 Å². The van der Waals surface area contributed by atoms with Gasteiger partial charge in [0, 0.05) is 0 Å². The topological polar surface area (TPSA) is 231 Å². The van der Waals surface area contributed by atoms with E-state index in [0.717, 1.165) is 38.5 Å². The molecular weight excluding hydrogens is 829 g/mol. The fraction of sp³-hybridized carbons (Fsp3) is 0.592. The molecule has 7 N–H and O–H groups in total. The molecule has 0 aromatic rings. The summed E-state index contributed by atoms with van der Waals surface area (Å²) in [6.07, 6.45) is 27.7. The van der Waals surface area contributed by atoms with Crippen LogP contribution in [-0.2, 0) is 38.0 Å². The van der Waals surface area contributed by atoms with Crippen molar-refractivity contribution in [2.75, 3.05) is 26.4 Å². The lowest BCUT2D eigenvalue weighted by atomic mass is 9.98. The molecule has 0 amide bonds. The highest BCUT2D eigenvalue weighted by atomic mass is 16.7. The zero-order valence-corrected chi connectivity index (χ0v) is 37.5. The first-order valence-electron chi connectivity index (χ1n) is 22.4. The second-order valence-electron chi connectivity index (χ2n) is 15.2. The van der Waals surface area contributed by atoms with Crippen LogP contribution in [-0.4, -0.2) is 142 Å². The number of unbranched alkanes of at least 4 members (excludes halogenated alkanes) is 2. The summed E-state index contributed by atoms with van der Waals surface area (Å²) in [6.45, 7) is 2.05. The molecule has 2 aliphatic rings. The fourth-order valence-electron chi connectivity index (χ4n) is 6.12. The molecule has 64 heavy (non-hydrogen) atoms. The van der Waals surface area contributed by atoms with Crippen molar-refractivity contribution in [3.05, 3.63) is 109 Å². The molecule has 360 valence electrons. The summed E-state index contributed by atoms with van der Waals surface area (Å²) in [5.74, 6) is -1.23. The molecule has 4 unspecified atom stereocenters. The summed E-state index contributed by atoms with van der Waals surface area (Å²) in [6, 6.07) is 0. The third-order valence-corrected chi connectivity index (χ3v) is 9.88. The Labute approximate surface area is 379 Å². The third kappa shape index (κ3) is 23.9. The zero-order chi connectivity index (χ0) is 46.8. The average molecular weight is 903 g/mol. The molecule has 2 fully saturated rings. The van der Waals surface area contributed by atoms with Crippen molar-refractivity contribution in [1.29, 1.82) is 0 Å². The summed E-state index contributed by atoms with van der Waals surface area (Å²) in [5, 5.41) is 71.8. The zero-order valence-electron chi connectivity index (χ0n) is 37.5. The second-order valence-corrected chi connectivity index (χ2v) is 15.2. The molecule has 11 atom stereocenters. The van der Waals surface area contributed by atoms with Gasteiger partial charge in [0.25, 0.3) is 0 Å². The predicted octanol–water partition coefficient (Wildman–Crippen LogP) is 4.81. The molecule has 0 saturated carbocycles. The van der Waals surface area contributed by atoms with Crippen LogP contribution >= 0.6 is 0 Å². The Bertz CT molecular complexity index is 1530. The Morgan fingerprint density at radius 2 is 0.969 bits per heavy atom. The molecule has 2 rings (SSSR count). The van der Waals surface area contributed by atoms with Gasteiger partial charge in [-0.2, -0.15) is 0 Å². The maximum absolute atomic E-state index is 12.9. The average Bonchev–Trinajstić information content (AvgIpc) is 3.29. The van der Waals surface area contributed by atoms with Gasteiger partial charge < -0.3 is 64.2 Å². The Kier molecular flexibility index (Phi) is 31.2. The molecule has 0 aromatic heterocycles. The van der Waals surface area contributed by atoms with Crippen LogP contribution in [0.4, 0.5) is 0 Å². The van der Waals surface area contributed by atoms with Crippen molar-refractivity contribution in [3.63, 3.8) is 0 Å². The summed E-state index contributed by atoms with van der Waals surface area (Å²) in [5.41, 5.74) is 0. The largest absolute Gasteiger partial charge is 0.461 e. The van der Waals surface area contributed by atoms with Gasteiger partial charge in [0.2, 0.25) is 0 Å². The van der Waals surface area contributed by atoms with Gasteiger partial charge in [-0.05, 0) is 58.3 Å². The normalized spacial score (nSPS) is 27.6. The molecular formula is C49H74O15. The fourth-order valence-corrected chi connectivity index (χ4v) is 6.12. The molecule has 0 bridgehead atoms. The summed E-state index contributed by atoms with van der Waals surface area (Å²) >= 11 is 0. The Balaban J connectivity index is 1.95. The highest BCUT2D eigenvalue weighted by Crippen LogP contribution is 2.26. The highest BCUT2D eigenvalue weighted by Gasteiger charge is 2.47. The summed E-state index contributed by atoms with van der Waals surface area (Å²) in [7, 11) is 0. The van der Waals surface area contributed by atoms with Crippen LogP contribution in [0.3, 0.4) is 0 Å². The third-order valence-electron chi connectivity index (χ3n) is 9.88.